The lowest BCUT2D eigenvalue weighted by atomic mass is 9.48. The number of nitrogens with zero attached hydrogens (tertiary/aromatic N) is 2. The summed E-state index contributed by atoms with van der Waals surface area (Å²) >= 11 is 0. The van der Waals surface area contributed by atoms with Crippen molar-refractivity contribution in [2.24, 2.45) is 17.8 Å². The molecule has 4 aliphatic carbocycles. The molecule has 6 nitrogen and oxygen atoms in total. The van der Waals surface area contributed by atoms with E-state index in [4.69, 9.17) is 0 Å². The molecule has 0 unspecified atom stereocenters. The smallest absolute Gasteiger partial charge is 0.318 e. The largest absolute Gasteiger partial charge is 0.335 e. The second-order valence-corrected chi connectivity index (χ2v) is 12.7. The number of hydrogen-bond donors (Lipinski definition) is 1. The van der Waals surface area contributed by atoms with E-state index in [0.717, 1.165) is 50.9 Å². The van der Waals surface area contributed by atoms with E-state index in [1.54, 1.807) is 24.3 Å². The number of urea groups is 1. The van der Waals surface area contributed by atoms with Gasteiger partial charge in [-0.3, -0.25) is 14.9 Å². The molecule has 5 fully saturated rings. The van der Waals surface area contributed by atoms with Crippen LogP contribution in [0.1, 0.15) is 66.6 Å². The first-order valence-corrected chi connectivity index (χ1v) is 14.5. The average Bonchev–Trinajstić information content (AvgIpc) is 3.18. The Labute approximate surface area is 235 Å². The maximum Gasteiger partial charge on any atom is 0.335 e. The van der Waals surface area contributed by atoms with Crippen LogP contribution in [0.4, 0.5) is 10.5 Å². The number of anilines is 1. The quantitative estimate of drug-likeness (QED) is 0.306. The van der Waals surface area contributed by atoms with Gasteiger partial charge in [0.05, 0.1) is 5.69 Å². The predicted molar refractivity (Wildman–Crippen MR) is 155 cm³/mol. The van der Waals surface area contributed by atoms with Gasteiger partial charge in [0.1, 0.15) is 5.57 Å². The fourth-order valence-corrected chi connectivity index (χ4v) is 8.57. The van der Waals surface area contributed by atoms with Crippen LogP contribution in [0, 0.1) is 38.5 Å². The Kier molecular flexibility index (Phi) is 5.67. The number of aromatic nitrogens is 1. The number of nitrogens with one attached hydrogen (secondary N) is 1. The van der Waals surface area contributed by atoms with Gasteiger partial charge in [-0.05, 0) is 136 Å². The summed E-state index contributed by atoms with van der Waals surface area (Å²) in [4.78, 5) is 39.8. The van der Waals surface area contributed by atoms with Crippen LogP contribution in [0.5, 0.6) is 0 Å². The monoisotopic (exact) mass is 533 g/mol. The van der Waals surface area contributed by atoms with Crippen LogP contribution in [0.2, 0.25) is 0 Å². The van der Waals surface area contributed by atoms with E-state index >= 15 is 0 Å². The van der Waals surface area contributed by atoms with E-state index in [0.29, 0.717) is 11.1 Å². The van der Waals surface area contributed by atoms with E-state index in [-0.39, 0.29) is 5.57 Å². The van der Waals surface area contributed by atoms with Gasteiger partial charge in [0, 0.05) is 17.1 Å². The van der Waals surface area contributed by atoms with E-state index in [1.165, 1.54) is 44.1 Å². The molecule has 1 aromatic heterocycles. The van der Waals surface area contributed by atoms with Gasteiger partial charge in [-0.2, -0.15) is 0 Å². The molecule has 8 rings (SSSR count). The highest BCUT2D eigenvalue weighted by atomic mass is 16.2. The maximum absolute atomic E-state index is 13.4. The van der Waals surface area contributed by atoms with Crippen LogP contribution < -0.4 is 10.2 Å². The first kappa shape index (κ1) is 25.1. The number of imide groups is 2. The van der Waals surface area contributed by atoms with Crippen LogP contribution in [0.25, 0.3) is 11.8 Å². The first-order valence-electron chi connectivity index (χ1n) is 14.5. The highest BCUT2D eigenvalue weighted by Crippen LogP contribution is 2.60. The molecule has 2 aromatic carbocycles. The van der Waals surface area contributed by atoms with Crippen molar-refractivity contribution in [3.63, 3.8) is 0 Å². The van der Waals surface area contributed by atoms with E-state index in [1.807, 2.05) is 32.9 Å². The lowest BCUT2D eigenvalue weighted by Crippen LogP contribution is -2.54. The number of benzene rings is 2. The SMILES string of the molecule is Cc1cccc(N2C(=O)NC(=O)/C(=C\c3cc(C)n(-c4ccc(C56CC7CC(CC(C7)C5)C6)cc4)c3C)C2=O)c1. The molecule has 0 radical (unpaired) electrons. The molecule has 204 valence electrons. The third-order valence-electron chi connectivity index (χ3n) is 9.91. The lowest BCUT2D eigenvalue weighted by Gasteiger charge is -2.57. The normalized spacial score (nSPS) is 28.5. The molecule has 2 heterocycles. The van der Waals surface area contributed by atoms with Crippen molar-refractivity contribution >= 4 is 29.6 Å². The molecule has 4 saturated carbocycles. The van der Waals surface area contributed by atoms with Gasteiger partial charge in [0.15, 0.2) is 0 Å². The number of carbonyl (C=O) groups is 3. The fraction of sp³-hybridized carbons (Fsp3) is 0.382. The Morgan fingerprint density at radius 2 is 1.48 bits per heavy atom. The molecule has 5 aliphatic rings. The third kappa shape index (κ3) is 3.95. The Balaban J connectivity index is 1.19. The van der Waals surface area contributed by atoms with Crippen LogP contribution in [-0.4, -0.2) is 22.4 Å². The van der Waals surface area contributed by atoms with Gasteiger partial charge in [0.25, 0.3) is 11.8 Å². The van der Waals surface area contributed by atoms with Crippen LogP contribution in [-0.2, 0) is 15.0 Å². The van der Waals surface area contributed by atoms with Crippen molar-refractivity contribution in [2.75, 3.05) is 4.90 Å². The number of aryl methyl sites for hydroxylation is 2. The third-order valence-corrected chi connectivity index (χ3v) is 9.91. The van der Waals surface area contributed by atoms with E-state index in [2.05, 4.69) is 34.1 Å². The zero-order valence-corrected chi connectivity index (χ0v) is 23.4. The summed E-state index contributed by atoms with van der Waals surface area (Å²) in [6.45, 7) is 5.93. The number of carbonyl (C=O) groups excluding carboxylic acids is 3. The number of hydrogen-bond acceptors (Lipinski definition) is 3. The summed E-state index contributed by atoms with van der Waals surface area (Å²) in [5.41, 5.74) is 6.95. The summed E-state index contributed by atoms with van der Waals surface area (Å²) in [5.74, 6) is 1.43. The number of rotatable bonds is 4. The van der Waals surface area contributed by atoms with Gasteiger partial charge < -0.3 is 4.57 Å². The minimum Gasteiger partial charge on any atom is -0.318 e. The average molecular weight is 534 g/mol. The molecular weight excluding hydrogens is 498 g/mol. The van der Waals surface area contributed by atoms with Crippen LogP contribution in [0.15, 0.2) is 60.2 Å². The molecule has 0 atom stereocenters. The van der Waals surface area contributed by atoms with Crippen molar-refractivity contribution in [1.82, 2.24) is 9.88 Å². The van der Waals surface area contributed by atoms with Gasteiger partial charge >= 0.3 is 6.03 Å². The molecular formula is C34H35N3O3. The highest BCUT2D eigenvalue weighted by Gasteiger charge is 2.51. The topological polar surface area (TPSA) is 71.4 Å². The first-order chi connectivity index (χ1) is 19.2. The predicted octanol–water partition coefficient (Wildman–Crippen LogP) is 6.54. The second-order valence-electron chi connectivity index (χ2n) is 12.7. The second kappa shape index (κ2) is 9.05. The zero-order valence-electron chi connectivity index (χ0n) is 23.4. The summed E-state index contributed by atoms with van der Waals surface area (Å²) < 4.78 is 2.17. The van der Waals surface area contributed by atoms with Crippen molar-refractivity contribution in [2.45, 2.75) is 64.7 Å². The molecule has 1 aliphatic heterocycles. The molecule has 0 spiro atoms. The van der Waals surface area contributed by atoms with Gasteiger partial charge in [-0.15, -0.1) is 0 Å². The van der Waals surface area contributed by atoms with Gasteiger partial charge in [-0.1, -0.05) is 24.3 Å². The van der Waals surface area contributed by atoms with Crippen molar-refractivity contribution < 1.29 is 14.4 Å². The lowest BCUT2D eigenvalue weighted by molar-refractivity contribution is -0.122. The minimum atomic E-state index is -0.734. The maximum atomic E-state index is 13.4. The Bertz CT molecular complexity index is 1560. The van der Waals surface area contributed by atoms with Crippen LogP contribution >= 0.6 is 0 Å². The van der Waals surface area contributed by atoms with Crippen molar-refractivity contribution in [1.29, 1.82) is 0 Å². The van der Waals surface area contributed by atoms with Gasteiger partial charge in [0.2, 0.25) is 0 Å². The minimum absolute atomic E-state index is 0.0569. The van der Waals surface area contributed by atoms with E-state index < -0.39 is 17.8 Å². The fourth-order valence-electron chi connectivity index (χ4n) is 8.57. The van der Waals surface area contributed by atoms with Gasteiger partial charge in [-0.25, -0.2) is 9.69 Å². The summed E-state index contributed by atoms with van der Waals surface area (Å²) in [5, 5.41) is 2.33. The van der Waals surface area contributed by atoms with Crippen LogP contribution in [0.3, 0.4) is 0 Å². The molecule has 4 bridgehead atoms. The standard InChI is InChI=1S/C34H35N3O3/c1-20-5-4-6-29(11-20)37-32(39)30(31(38)35-33(37)40)16-26-12-21(2)36(22(26)3)28-9-7-27(8-10-28)34-17-23-13-24(18-34)15-25(14-23)19-34/h4-12,16,23-25H,13-15,17-19H2,1-3H3,(H,35,38,40)/b30-16+. The molecule has 40 heavy (non-hydrogen) atoms. The number of amides is 4. The molecule has 3 aromatic rings. The molecule has 1 saturated heterocycles. The Morgan fingerprint density at radius 1 is 0.825 bits per heavy atom. The Morgan fingerprint density at radius 3 is 2.10 bits per heavy atom. The summed E-state index contributed by atoms with van der Waals surface area (Å²) in [6.07, 6.45) is 9.95. The van der Waals surface area contributed by atoms with E-state index in [9.17, 15) is 14.4 Å². The molecule has 1 N–H and O–H groups in total. The number of barbiturate groups is 1. The molecule has 4 amide bonds. The summed E-state index contributed by atoms with van der Waals surface area (Å²) in [7, 11) is 0. The Hall–Kier alpha value is -3.93. The molecule has 6 heteroatoms. The zero-order chi connectivity index (χ0) is 27.8. The van der Waals surface area contributed by atoms with Crippen molar-refractivity contribution in [3.05, 3.63) is 88.2 Å². The summed E-state index contributed by atoms with van der Waals surface area (Å²) in [6, 6.07) is 17.5. The van der Waals surface area contributed by atoms with Crippen molar-refractivity contribution in [3.8, 4) is 5.69 Å². The highest BCUT2D eigenvalue weighted by molar-refractivity contribution is 6.39.